The Morgan fingerprint density at radius 3 is 2.78 bits per heavy atom. The van der Waals surface area contributed by atoms with E-state index >= 15 is 0 Å². The summed E-state index contributed by atoms with van der Waals surface area (Å²) in [5, 5.41) is 11.1. The number of carbonyl (C=O) groups excluding carboxylic acids is 1. The number of H-pyrrole nitrogens is 1. The summed E-state index contributed by atoms with van der Waals surface area (Å²) in [6.07, 6.45) is 2.43. The molecule has 4 rings (SSSR count). The second-order valence-corrected chi connectivity index (χ2v) is 7.10. The van der Waals surface area contributed by atoms with Crippen molar-refractivity contribution in [2.24, 2.45) is 0 Å². The van der Waals surface area contributed by atoms with E-state index in [9.17, 15) is 9.18 Å². The quantitative estimate of drug-likeness (QED) is 0.814. The van der Waals surface area contributed by atoms with Gasteiger partial charge in [0.25, 0.3) is 5.91 Å². The number of nitrogens with one attached hydrogen (secondary N) is 2. The van der Waals surface area contributed by atoms with E-state index in [2.05, 4.69) is 15.5 Å². The number of aromatic amines is 1. The topological polar surface area (TPSA) is 61.0 Å². The van der Waals surface area contributed by atoms with Gasteiger partial charge in [0.15, 0.2) is 5.69 Å². The summed E-state index contributed by atoms with van der Waals surface area (Å²) in [5.41, 5.74) is 3.43. The SMILES string of the molecule is CC.O=C(c1n[nH]c2c1CNCC2)N1CCC(c2cc(F)ccc2Cl)CC1. The highest BCUT2D eigenvalue weighted by Gasteiger charge is 2.29. The molecule has 146 valence electrons. The molecule has 0 aliphatic carbocycles. The Morgan fingerprint density at radius 1 is 1.30 bits per heavy atom. The fourth-order valence-electron chi connectivity index (χ4n) is 3.77. The summed E-state index contributed by atoms with van der Waals surface area (Å²) < 4.78 is 13.5. The van der Waals surface area contributed by atoms with Crippen molar-refractivity contribution in [1.29, 1.82) is 0 Å². The van der Waals surface area contributed by atoms with Crippen molar-refractivity contribution in [2.45, 2.75) is 45.6 Å². The number of halogens is 2. The first-order valence-corrected chi connectivity index (χ1v) is 10.0. The Kier molecular flexibility index (Phi) is 6.50. The number of piperidine rings is 1. The van der Waals surface area contributed by atoms with Gasteiger partial charge in [-0.05, 0) is 42.5 Å². The van der Waals surface area contributed by atoms with Crippen molar-refractivity contribution < 1.29 is 9.18 Å². The summed E-state index contributed by atoms with van der Waals surface area (Å²) in [7, 11) is 0. The maximum Gasteiger partial charge on any atom is 0.274 e. The molecule has 0 spiro atoms. The van der Waals surface area contributed by atoms with Crippen LogP contribution in [-0.2, 0) is 13.0 Å². The van der Waals surface area contributed by atoms with Crippen LogP contribution in [0.2, 0.25) is 5.02 Å². The molecule has 7 heteroatoms. The molecule has 27 heavy (non-hydrogen) atoms. The molecule has 1 aromatic carbocycles. The highest BCUT2D eigenvalue weighted by molar-refractivity contribution is 6.31. The zero-order chi connectivity index (χ0) is 19.4. The largest absolute Gasteiger partial charge is 0.337 e. The van der Waals surface area contributed by atoms with E-state index < -0.39 is 0 Å². The number of fused-ring (bicyclic) bond motifs is 1. The van der Waals surface area contributed by atoms with E-state index in [1.165, 1.54) is 12.1 Å². The third kappa shape index (κ3) is 4.17. The van der Waals surface area contributed by atoms with Crippen molar-refractivity contribution >= 4 is 17.5 Å². The number of rotatable bonds is 2. The average Bonchev–Trinajstić information content (AvgIpc) is 3.15. The summed E-state index contributed by atoms with van der Waals surface area (Å²) in [6.45, 7) is 6.85. The lowest BCUT2D eigenvalue weighted by Gasteiger charge is -2.32. The maximum atomic E-state index is 13.5. The Morgan fingerprint density at radius 2 is 2.04 bits per heavy atom. The normalized spacial score (nSPS) is 17.1. The van der Waals surface area contributed by atoms with Crippen LogP contribution in [0, 0.1) is 5.82 Å². The van der Waals surface area contributed by atoms with E-state index in [4.69, 9.17) is 11.6 Å². The van der Waals surface area contributed by atoms with E-state index in [1.807, 2.05) is 18.7 Å². The van der Waals surface area contributed by atoms with Crippen LogP contribution < -0.4 is 5.32 Å². The summed E-state index contributed by atoms with van der Waals surface area (Å²) in [5.74, 6) is -0.111. The Labute approximate surface area is 164 Å². The van der Waals surface area contributed by atoms with Gasteiger partial charge in [0.2, 0.25) is 0 Å². The molecule has 1 amide bonds. The second kappa shape index (κ2) is 8.85. The number of aromatic nitrogens is 2. The molecule has 0 bridgehead atoms. The molecule has 2 N–H and O–H groups in total. The third-order valence-electron chi connectivity index (χ3n) is 5.19. The van der Waals surface area contributed by atoms with E-state index in [0.717, 1.165) is 42.6 Å². The van der Waals surface area contributed by atoms with Gasteiger partial charge < -0.3 is 10.2 Å². The smallest absolute Gasteiger partial charge is 0.274 e. The molecule has 0 unspecified atom stereocenters. The van der Waals surface area contributed by atoms with E-state index in [1.54, 1.807) is 6.07 Å². The molecule has 0 atom stereocenters. The number of nitrogens with zero attached hydrogens (tertiary/aromatic N) is 2. The number of hydrogen-bond donors (Lipinski definition) is 2. The van der Waals surface area contributed by atoms with Gasteiger partial charge >= 0.3 is 0 Å². The first-order chi connectivity index (χ1) is 13.1. The van der Waals surface area contributed by atoms with Crippen molar-refractivity contribution in [3.05, 3.63) is 51.6 Å². The number of likely N-dealkylation sites (tertiary alicyclic amines) is 1. The van der Waals surface area contributed by atoms with Crippen molar-refractivity contribution in [1.82, 2.24) is 20.4 Å². The lowest BCUT2D eigenvalue weighted by molar-refractivity contribution is 0.0705. The third-order valence-corrected chi connectivity index (χ3v) is 5.53. The van der Waals surface area contributed by atoms with Crippen molar-refractivity contribution in [3.8, 4) is 0 Å². The van der Waals surface area contributed by atoms with Crippen LogP contribution in [0.25, 0.3) is 0 Å². The molecular weight excluding hydrogens is 367 g/mol. The number of benzene rings is 1. The highest BCUT2D eigenvalue weighted by atomic mass is 35.5. The molecule has 1 fully saturated rings. The van der Waals surface area contributed by atoms with Gasteiger partial charge in [-0.25, -0.2) is 4.39 Å². The Bertz CT molecular complexity index is 799. The monoisotopic (exact) mass is 392 g/mol. The van der Waals surface area contributed by atoms with Crippen LogP contribution in [0.15, 0.2) is 18.2 Å². The fraction of sp³-hybridized carbons (Fsp3) is 0.500. The minimum Gasteiger partial charge on any atom is -0.337 e. The molecule has 5 nitrogen and oxygen atoms in total. The van der Waals surface area contributed by atoms with Gasteiger partial charge in [0.1, 0.15) is 5.82 Å². The van der Waals surface area contributed by atoms with Gasteiger partial charge in [0.05, 0.1) is 0 Å². The Balaban J connectivity index is 0.00000102. The summed E-state index contributed by atoms with van der Waals surface area (Å²) >= 11 is 6.22. The van der Waals surface area contributed by atoms with E-state index in [0.29, 0.717) is 30.4 Å². The first kappa shape index (κ1) is 19.8. The molecule has 1 saturated heterocycles. The predicted molar refractivity (Wildman–Crippen MR) is 105 cm³/mol. The van der Waals surface area contributed by atoms with Crippen LogP contribution in [-0.4, -0.2) is 40.6 Å². The Hall–Kier alpha value is -1.92. The lowest BCUT2D eigenvalue weighted by atomic mass is 9.89. The fourth-order valence-corrected chi connectivity index (χ4v) is 4.04. The number of amides is 1. The van der Waals surface area contributed by atoms with Crippen LogP contribution in [0.3, 0.4) is 0 Å². The molecule has 1 aromatic heterocycles. The van der Waals surface area contributed by atoms with Gasteiger partial charge in [-0.15, -0.1) is 0 Å². The lowest BCUT2D eigenvalue weighted by Crippen LogP contribution is -2.39. The summed E-state index contributed by atoms with van der Waals surface area (Å²) in [6, 6.07) is 4.49. The average molecular weight is 393 g/mol. The second-order valence-electron chi connectivity index (χ2n) is 6.69. The maximum absolute atomic E-state index is 13.5. The standard InChI is InChI=1S/C18H20ClFN4O.C2H6/c19-15-2-1-12(20)9-13(15)11-4-7-24(8-5-11)18(25)17-14-10-21-6-3-16(14)22-23-17;1-2/h1-2,9,11,21H,3-8,10H2,(H,22,23);1-2H3. The van der Waals surface area contributed by atoms with Crippen molar-refractivity contribution in [3.63, 3.8) is 0 Å². The van der Waals surface area contributed by atoms with Gasteiger partial charge in [-0.3, -0.25) is 9.89 Å². The molecule has 0 radical (unpaired) electrons. The molecule has 0 saturated carbocycles. The predicted octanol–water partition coefficient (Wildman–Crippen LogP) is 3.89. The van der Waals surface area contributed by atoms with Gasteiger partial charge in [0, 0.05) is 48.9 Å². The van der Waals surface area contributed by atoms with Crippen LogP contribution in [0.1, 0.15) is 59.9 Å². The number of hydrogen-bond acceptors (Lipinski definition) is 3. The minimum absolute atomic E-state index is 0.0232. The zero-order valence-electron chi connectivity index (χ0n) is 15.8. The molecule has 2 aromatic rings. The van der Waals surface area contributed by atoms with Gasteiger partial charge in [-0.2, -0.15) is 5.10 Å². The molecule has 2 aliphatic rings. The van der Waals surface area contributed by atoms with Crippen LogP contribution >= 0.6 is 11.6 Å². The molecular formula is C20H26ClFN4O. The first-order valence-electron chi connectivity index (χ1n) is 9.64. The number of carbonyl (C=O) groups is 1. The van der Waals surface area contributed by atoms with E-state index in [-0.39, 0.29) is 17.6 Å². The van der Waals surface area contributed by atoms with Crippen molar-refractivity contribution in [2.75, 3.05) is 19.6 Å². The summed E-state index contributed by atoms with van der Waals surface area (Å²) in [4.78, 5) is 14.7. The highest BCUT2D eigenvalue weighted by Crippen LogP contribution is 2.33. The minimum atomic E-state index is -0.270. The zero-order valence-corrected chi connectivity index (χ0v) is 16.6. The van der Waals surface area contributed by atoms with Gasteiger partial charge in [-0.1, -0.05) is 25.4 Å². The molecule has 3 heterocycles. The van der Waals surface area contributed by atoms with Crippen LogP contribution in [0.4, 0.5) is 4.39 Å². The van der Waals surface area contributed by atoms with Crippen LogP contribution in [0.5, 0.6) is 0 Å². The molecule has 2 aliphatic heterocycles.